The number of carbonyl (C=O) groups excluding carboxylic acids is 1. The summed E-state index contributed by atoms with van der Waals surface area (Å²) in [5.41, 5.74) is 6.38. The van der Waals surface area contributed by atoms with Gasteiger partial charge in [0.05, 0.1) is 0 Å². The molecule has 7 heteroatoms. The van der Waals surface area contributed by atoms with E-state index in [4.69, 9.17) is 5.73 Å². The summed E-state index contributed by atoms with van der Waals surface area (Å²) >= 11 is 1.33. The van der Waals surface area contributed by atoms with Crippen molar-refractivity contribution in [1.29, 1.82) is 0 Å². The fraction of sp³-hybridized carbons (Fsp3) is 0.692. The van der Waals surface area contributed by atoms with Crippen molar-refractivity contribution in [3.8, 4) is 0 Å². The Morgan fingerprint density at radius 1 is 1.40 bits per heavy atom. The zero-order chi connectivity index (χ0) is 14.1. The molecule has 1 aromatic heterocycles. The van der Waals surface area contributed by atoms with E-state index >= 15 is 0 Å². The molecule has 2 saturated heterocycles. The maximum Gasteiger partial charge on any atom is 0.257 e. The van der Waals surface area contributed by atoms with Crippen molar-refractivity contribution in [3.63, 3.8) is 0 Å². The van der Waals surface area contributed by atoms with Gasteiger partial charge in [-0.05, 0) is 43.9 Å². The van der Waals surface area contributed by atoms with Crippen LogP contribution in [0.5, 0.6) is 0 Å². The van der Waals surface area contributed by atoms with Gasteiger partial charge in [0.25, 0.3) is 5.91 Å². The molecule has 0 saturated carbocycles. The van der Waals surface area contributed by atoms with E-state index < -0.39 is 0 Å². The van der Waals surface area contributed by atoms with Crippen molar-refractivity contribution < 1.29 is 4.79 Å². The summed E-state index contributed by atoms with van der Waals surface area (Å²) in [5.74, 6) is 0.199. The number of amides is 1. The smallest absolute Gasteiger partial charge is 0.257 e. The molecule has 0 spiro atoms. The number of nitrogen functional groups attached to an aromatic ring is 1. The molecule has 2 aliphatic rings. The molecular formula is C13H21N5OS. The van der Waals surface area contributed by atoms with Crippen LogP contribution in [0.25, 0.3) is 0 Å². The fourth-order valence-electron chi connectivity index (χ4n) is 3.18. The zero-order valence-electron chi connectivity index (χ0n) is 11.8. The van der Waals surface area contributed by atoms with Gasteiger partial charge in [0.1, 0.15) is 10.6 Å². The highest BCUT2D eigenvalue weighted by molar-refractivity contribution is 7.11. The topological polar surface area (TPSA) is 74.5 Å². The Balaban J connectivity index is 1.76. The molecule has 2 fully saturated rings. The van der Waals surface area contributed by atoms with Gasteiger partial charge >= 0.3 is 0 Å². The lowest BCUT2D eigenvalue weighted by atomic mass is 10.2. The van der Waals surface area contributed by atoms with E-state index in [-0.39, 0.29) is 5.91 Å². The van der Waals surface area contributed by atoms with Crippen molar-refractivity contribution in [1.82, 2.24) is 14.6 Å². The summed E-state index contributed by atoms with van der Waals surface area (Å²) in [4.78, 5) is 16.8. The van der Waals surface area contributed by atoms with Crippen molar-refractivity contribution in [2.45, 2.75) is 25.3 Å². The van der Waals surface area contributed by atoms with Crippen LogP contribution in [-0.2, 0) is 0 Å². The van der Waals surface area contributed by atoms with Crippen molar-refractivity contribution in [2.75, 3.05) is 43.9 Å². The van der Waals surface area contributed by atoms with E-state index in [1.807, 2.05) is 0 Å². The highest BCUT2D eigenvalue weighted by Crippen LogP contribution is 2.34. The molecule has 1 amide bonds. The number of hydrogen-bond donors (Lipinski definition) is 2. The predicted molar refractivity (Wildman–Crippen MR) is 81.3 cm³/mol. The summed E-state index contributed by atoms with van der Waals surface area (Å²) in [7, 11) is 1.63. The molecule has 0 aliphatic carbocycles. The van der Waals surface area contributed by atoms with Crippen LogP contribution in [0.4, 0.5) is 10.8 Å². The average Bonchev–Trinajstić information content (AvgIpc) is 3.16. The van der Waals surface area contributed by atoms with Crippen LogP contribution in [-0.4, -0.2) is 54.4 Å². The number of anilines is 2. The molecule has 3 N–H and O–H groups in total. The molecule has 3 rings (SSSR count). The van der Waals surface area contributed by atoms with Gasteiger partial charge in [0, 0.05) is 26.2 Å². The van der Waals surface area contributed by atoms with Gasteiger partial charge in [-0.2, -0.15) is 4.37 Å². The third-order valence-corrected chi connectivity index (χ3v) is 5.19. The number of carbonyl (C=O) groups is 1. The number of nitrogens with one attached hydrogen (secondary N) is 1. The number of aromatic nitrogens is 1. The second kappa shape index (κ2) is 5.57. The third kappa shape index (κ3) is 2.35. The lowest BCUT2D eigenvalue weighted by Gasteiger charge is -2.24. The second-order valence-corrected chi connectivity index (χ2v) is 6.21. The Morgan fingerprint density at radius 2 is 2.15 bits per heavy atom. The molecule has 0 radical (unpaired) electrons. The van der Waals surface area contributed by atoms with Crippen molar-refractivity contribution in [3.05, 3.63) is 5.56 Å². The monoisotopic (exact) mass is 295 g/mol. The molecule has 110 valence electrons. The van der Waals surface area contributed by atoms with Crippen molar-refractivity contribution >= 4 is 28.3 Å². The van der Waals surface area contributed by atoms with Crippen LogP contribution >= 0.6 is 11.5 Å². The number of rotatable bonds is 3. The quantitative estimate of drug-likeness (QED) is 0.861. The normalized spacial score (nSPS) is 23.4. The van der Waals surface area contributed by atoms with Gasteiger partial charge in [-0.3, -0.25) is 9.69 Å². The minimum atomic E-state index is -0.143. The lowest BCUT2D eigenvalue weighted by molar-refractivity contribution is 0.0964. The van der Waals surface area contributed by atoms with Crippen molar-refractivity contribution in [2.24, 2.45) is 0 Å². The largest absolute Gasteiger partial charge is 0.382 e. The van der Waals surface area contributed by atoms with Gasteiger partial charge < -0.3 is 16.0 Å². The summed E-state index contributed by atoms with van der Waals surface area (Å²) < 4.78 is 4.16. The summed E-state index contributed by atoms with van der Waals surface area (Å²) in [6.45, 7) is 4.38. The first-order valence-electron chi connectivity index (χ1n) is 7.17. The fourth-order valence-corrected chi connectivity index (χ4v) is 4.02. The van der Waals surface area contributed by atoms with Gasteiger partial charge in [-0.15, -0.1) is 0 Å². The van der Waals surface area contributed by atoms with Crippen LogP contribution in [0.2, 0.25) is 0 Å². The van der Waals surface area contributed by atoms with E-state index in [1.165, 1.54) is 37.5 Å². The molecule has 1 aromatic rings. The molecule has 6 nitrogen and oxygen atoms in total. The maximum atomic E-state index is 11.9. The third-order valence-electron chi connectivity index (χ3n) is 4.26. The maximum absolute atomic E-state index is 11.9. The van der Waals surface area contributed by atoms with Gasteiger partial charge in [-0.1, -0.05) is 0 Å². The molecule has 3 heterocycles. The summed E-state index contributed by atoms with van der Waals surface area (Å²) in [5, 5.41) is 3.57. The van der Waals surface area contributed by atoms with Crippen LogP contribution < -0.4 is 16.0 Å². The highest BCUT2D eigenvalue weighted by atomic mass is 32.1. The first-order valence-corrected chi connectivity index (χ1v) is 7.94. The van der Waals surface area contributed by atoms with E-state index in [9.17, 15) is 4.79 Å². The Morgan fingerprint density at radius 3 is 2.85 bits per heavy atom. The number of nitrogens with two attached hydrogens (primary N) is 1. The van der Waals surface area contributed by atoms with Gasteiger partial charge in [-0.25, -0.2) is 0 Å². The molecule has 0 aromatic carbocycles. The van der Waals surface area contributed by atoms with Crippen LogP contribution in [0.3, 0.4) is 0 Å². The van der Waals surface area contributed by atoms with Crippen LogP contribution in [0.15, 0.2) is 0 Å². The SMILES string of the molecule is CNC(=O)c1c(N)nsc1N1CCC(N2CCCC2)C1. The Kier molecular flexibility index (Phi) is 3.80. The van der Waals surface area contributed by atoms with E-state index in [0.29, 0.717) is 17.4 Å². The van der Waals surface area contributed by atoms with E-state index in [2.05, 4.69) is 19.5 Å². The average molecular weight is 295 g/mol. The zero-order valence-corrected chi connectivity index (χ0v) is 12.6. The molecule has 0 bridgehead atoms. The highest BCUT2D eigenvalue weighted by Gasteiger charge is 2.32. The standard InChI is InChI=1S/C13H21N5OS/c1-15-12(19)10-11(14)16-20-13(10)18-7-4-9(8-18)17-5-2-3-6-17/h9H,2-8H2,1H3,(H2,14,16)(H,15,19). The molecule has 20 heavy (non-hydrogen) atoms. The Labute approximate surface area is 123 Å². The first kappa shape index (κ1) is 13.6. The molecular weight excluding hydrogens is 274 g/mol. The van der Waals surface area contributed by atoms with Gasteiger partial charge in [0.2, 0.25) is 0 Å². The Hall–Kier alpha value is -1.34. The molecule has 1 atom stereocenters. The minimum absolute atomic E-state index is 0.143. The van der Waals surface area contributed by atoms with Gasteiger partial charge in [0.15, 0.2) is 5.82 Å². The summed E-state index contributed by atoms with van der Waals surface area (Å²) in [6.07, 6.45) is 3.78. The van der Waals surface area contributed by atoms with E-state index in [0.717, 1.165) is 24.5 Å². The molecule has 2 aliphatic heterocycles. The van der Waals surface area contributed by atoms with E-state index in [1.54, 1.807) is 7.05 Å². The summed E-state index contributed by atoms with van der Waals surface area (Å²) in [6, 6.07) is 0.610. The minimum Gasteiger partial charge on any atom is -0.382 e. The first-order chi connectivity index (χ1) is 9.70. The Bertz CT molecular complexity index is 497. The van der Waals surface area contributed by atoms with Crippen LogP contribution in [0, 0.1) is 0 Å². The number of likely N-dealkylation sites (tertiary alicyclic amines) is 1. The second-order valence-electron chi connectivity index (χ2n) is 5.46. The molecule has 1 unspecified atom stereocenters. The number of nitrogens with zero attached hydrogens (tertiary/aromatic N) is 3. The predicted octanol–water partition coefficient (Wildman–Crippen LogP) is 0.759. The lowest BCUT2D eigenvalue weighted by Crippen LogP contribution is -2.35. The van der Waals surface area contributed by atoms with Crippen LogP contribution in [0.1, 0.15) is 29.6 Å². The number of hydrogen-bond acceptors (Lipinski definition) is 6.